The van der Waals surface area contributed by atoms with Crippen molar-refractivity contribution in [2.45, 2.75) is 36.3 Å². The number of carboxylic acid groups (broad SMARTS) is 1. The van der Waals surface area contributed by atoms with Crippen molar-refractivity contribution in [3.8, 4) is 0 Å². The highest BCUT2D eigenvalue weighted by molar-refractivity contribution is 8.00. The molecule has 0 bridgehead atoms. The van der Waals surface area contributed by atoms with Gasteiger partial charge in [-0.3, -0.25) is 0 Å². The second kappa shape index (κ2) is 5.62. The van der Waals surface area contributed by atoms with Crippen molar-refractivity contribution < 1.29 is 18.3 Å². The Kier molecular flexibility index (Phi) is 4.37. The maximum absolute atomic E-state index is 12.5. The van der Waals surface area contributed by atoms with Crippen molar-refractivity contribution in [2.75, 3.05) is 12.8 Å². The highest BCUT2D eigenvalue weighted by Crippen LogP contribution is 2.46. The van der Waals surface area contributed by atoms with Gasteiger partial charge in [-0.05, 0) is 56.2 Å². The summed E-state index contributed by atoms with van der Waals surface area (Å²) in [6.07, 6.45) is 3.98. The van der Waals surface area contributed by atoms with Gasteiger partial charge in [0.15, 0.2) is 0 Å². The van der Waals surface area contributed by atoms with Gasteiger partial charge in [0, 0.05) is 11.3 Å². The molecule has 7 heteroatoms. The summed E-state index contributed by atoms with van der Waals surface area (Å²) in [5.74, 6) is -1.13. The van der Waals surface area contributed by atoms with Crippen LogP contribution in [0, 0.1) is 13.8 Å². The van der Waals surface area contributed by atoms with Gasteiger partial charge in [-0.2, -0.15) is 11.8 Å². The predicted octanol–water partition coefficient (Wildman–Crippen LogP) is 2.18. The predicted molar refractivity (Wildman–Crippen MR) is 83.5 cm³/mol. The number of hydrogen-bond donors (Lipinski definition) is 2. The Morgan fingerprint density at radius 1 is 1.38 bits per heavy atom. The molecule has 1 aliphatic rings. The molecule has 1 aromatic carbocycles. The summed E-state index contributed by atoms with van der Waals surface area (Å²) in [6, 6.07) is 2.71. The van der Waals surface area contributed by atoms with E-state index in [1.807, 2.05) is 6.26 Å². The van der Waals surface area contributed by atoms with Gasteiger partial charge >= 0.3 is 5.97 Å². The fourth-order valence-electron chi connectivity index (χ4n) is 2.13. The van der Waals surface area contributed by atoms with Crippen molar-refractivity contribution in [1.82, 2.24) is 4.72 Å². The van der Waals surface area contributed by atoms with Crippen LogP contribution in [0.15, 0.2) is 17.0 Å². The third kappa shape index (κ3) is 3.41. The van der Waals surface area contributed by atoms with E-state index in [-0.39, 0.29) is 15.2 Å². The van der Waals surface area contributed by atoms with Gasteiger partial charge in [0.25, 0.3) is 0 Å². The number of thioether (sulfide) groups is 1. The van der Waals surface area contributed by atoms with Gasteiger partial charge in [0.1, 0.15) is 0 Å². The van der Waals surface area contributed by atoms with E-state index in [9.17, 15) is 13.2 Å². The molecule has 2 rings (SSSR count). The van der Waals surface area contributed by atoms with Crippen LogP contribution in [0.5, 0.6) is 0 Å². The summed E-state index contributed by atoms with van der Waals surface area (Å²) < 4.78 is 27.6. The van der Waals surface area contributed by atoms with Crippen LogP contribution in [0.1, 0.15) is 34.3 Å². The monoisotopic (exact) mass is 329 g/mol. The zero-order valence-corrected chi connectivity index (χ0v) is 13.9. The van der Waals surface area contributed by atoms with Crippen LogP contribution < -0.4 is 4.72 Å². The van der Waals surface area contributed by atoms with E-state index in [4.69, 9.17) is 5.11 Å². The van der Waals surface area contributed by atoms with E-state index in [0.717, 1.165) is 12.8 Å². The van der Waals surface area contributed by atoms with Crippen molar-refractivity contribution in [2.24, 2.45) is 0 Å². The Morgan fingerprint density at radius 2 is 2.00 bits per heavy atom. The van der Waals surface area contributed by atoms with Gasteiger partial charge in [-0.15, -0.1) is 0 Å². The Morgan fingerprint density at radius 3 is 2.48 bits per heavy atom. The third-order valence-corrected chi connectivity index (χ3v) is 6.93. The van der Waals surface area contributed by atoms with Gasteiger partial charge < -0.3 is 5.11 Å². The Labute approximate surface area is 129 Å². The molecule has 2 N–H and O–H groups in total. The molecule has 5 nitrogen and oxygen atoms in total. The number of sulfonamides is 1. The minimum Gasteiger partial charge on any atom is -0.478 e. The molecular weight excluding hydrogens is 310 g/mol. The van der Waals surface area contributed by atoms with Crippen molar-refractivity contribution in [3.63, 3.8) is 0 Å². The molecule has 0 aliphatic heterocycles. The van der Waals surface area contributed by atoms with Gasteiger partial charge in [-0.25, -0.2) is 17.9 Å². The average Bonchev–Trinajstić information content (AvgIpc) is 3.20. The zero-order valence-electron chi connectivity index (χ0n) is 12.3. The van der Waals surface area contributed by atoms with Crippen LogP contribution in [-0.4, -0.2) is 37.0 Å². The van der Waals surface area contributed by atoms with Crippen molar-refractivity contribution in [1.29, 1.82) is 0 Å². The maximum Gasteiger partial charge on any atom is 0.335 e. The van der Waals surface area contributed by atoms with Gasteiger partial charge in [-0.1, -0.05) is 0 Å². The number of carboxylic acids is 1. The number of benzene rings is 1. The molecule has 0 amide bonds. The third-order valence-electron chi connectivity index (χ3n) is 3.98. The SMILES string of the molecule is CSC1(CNS(=O)(=O)c2cc(C(=O)O)cc(C)c2C)CC1. The molecule has 0 saturated heterocycles. The van der Waals surface area contributed by atoms with E-state index in [2.05, 4.69) is 4.72 Å². The number of nitrogens with one attached hydrogen (secondary N) is 1. The summed E-state index contributed by atoms with van der Waals surface area (Å²) in [5.41, 5.74) is 1.23. The number of carbonyl (C=O) groups is 1. The molecule has 116 valence electrons. The quantitative estimate of drug-likeness (QED) is 0.836. The van der Waals surface area contributed by atoms with Crippen LogP contribution in [0.25, 0.3) is 0 Å². The van der Waals surface area contributed by atoms with Gasteiger partial charge in [0.05, 0.1) is 10.5 Å². The Hall–Kier alpha value is -1.05. The highest BCUT2D eigenvalue weighted by atomic mass is 32.2. The van der Waals surface area contributed by atoms with Crippen molar-refractivity contribution in [3.05, 3.63) is 28.8 Å². The molecule has 1 aliphatic carbocycles. The first-order valence-corrected chi connectivity index (χ1v) is 9.31. The van der Waals surface area contributed by atoms with E-state index in [1.165, 1.54) is 12.1 Å². The topological polar surface area (TPSA) is 83.5 Å². The fourth-order valence-corrected chi connectivity index (χ4v) is 4.41. The summed E-state index contributed by atoms with van der Waals surface area (Å²) in [4.78, 5) is 11.2. The number of rotatable bonds is 6. The second-order valence-corrected chi connectivity index (χ2v) is 8.44. The molecule has 1 fully saturated rings. The zero-order chi connectivity index (χ0) is 15.8. The average molecular weight is 329 g/mol. The molecule has 1 saturated carbocycles. The molecular formula is C14H19NO4S2. The summed E-state index contributed by atoms with van der Waals surface area (Å²) >= 11 is 1.67. The van der Waals surface area contributed by atoms with Crippen molar-refractivity contribution >= 4 is 27.8 Å². The lowest BCUT2D eigenvalue weighted by molar-refractivity contribution is 0.0696. The first kappa shape index (κ1) is 16.3. The maximum atomic E-state index is 12.5. The number of aryl methyl sites for hydroxylation is 1. The number of aromatic carboxylic acids is 1. The minimum atomic E-state index is -3.70. The summed E-state index contributed by atoms with van der Waals surface area (Å²) in [7, 11) is -3.70. The molecule has 0 aromatic heterocycles. The molecule has 21 heavy (non-hydrogen) atoms. The standard InChI is InChI=1S/C14H19NO4S2/c1-9-6-11(13(16)17)7-12(10(9)2)21(18,19)15-8-14(20-3)4-5-14/h6-7,15H,4-5,8H2,1-3H3,(H,16,17). The first-order valence-electron chi connectivity index (χ1n) is 6.60. The molecule has 0 spiro atoms. The lowest BCUT2D eigenvalue weighted by Crippen LogP contribution is -2.32. The minimum absolute atomic E-state index is 0.00974. The molecule has 0 unspecified atom stereocenters. The number of hydrogen-bond acceptors (Lipinski definition) is 4. The Bertz CT molecular complexity index is 678. The molecule has 0 atom stereocenters. The van der Waals surface area contributed by atoms with Gasteiger partial charge in [0.2, 0.25) is 10.0 Å². The second-order valence-electron chi connectivity index (χ2n) is 5.43. The summed E-state index contributed by atoms with van der Waals surface area (Å²) in [5, 5.41) is 9.08. The first-order chi connectivity index (χ1) is 9.71. The van der Waals surface area contributed by atoms with E-state index in [0.29, 0.717) is 17.7 Å². The van der Waals surface area contributed by atoms with Crippen LogP contribution in [0.2, 0.25) is 0 Å². The smallest absolute Gasteiger partial charge is 0.335 e. The van der Waals surface area contributed by atoms with Crippen LogP contribution in [0.3, 0.4) is 0 Å². The van der Waals surface area contributed by atoms with E-state index >= 15 is 0 Å². The van der Waals surface area contributed by atoms with Crippen LogP contribution in [-0.2, 0) is 10.0 Å². The molecule has 0 heterocycles. The summed E-state index contributed by atoms with van der Waals surface area (Å²) in [6.45, 7) is 3.79. The Balaban J connectivity index is 2.33. The lowest BCUT2D eigenvalue weighted by Gasteiger charge is -2.16. The molecule has 0 radical (unpaired) electrons. The molecule has 1 aromatic rings. The van der Waals surface area contributed by atoms with E-state index < -0.39 is 16.0 Å². The van der Waals surface area contributed by atoms with E-state index in [1.54, 1.807) is 25.6 Å². The van der Waals surface area contributed by atoms with Crippen LogP contribution in [0.4, 0.5) is 0 Å². The lowest BCUT2D eigenvalue weighted by atomic mass is 10.1. The fraction of sp³-hybridized carbons (Fsp3) is 0.500. The highest BCUT2D eigenvalue weighted by Gasteiger charge is 2.42. The largest absolute Gasteiger partial charge is 0.478 e. The van der Waals surface area contributed by atoms with Crippen LogP contribution >= 0.6 is 11.8 Å². The normalized spacial score (nSPS) is 16.7.